The van der Waals surface area contributed by atoms with Gasteiger partial charge in [-0.15, -0.1) is 10.2 Å². The van der Waals surface area contributed by atoms with E-state index in [1.54, 1.807) is 18.0 Å². The lowest BCUT2D eigenvalue weighted by Crippen LogP contribution is -1.94. The highest BCUT2D eigenvalue weighted by Gasteiger charge is 2.02. The molecule has 6 nitrogen and oxygen atoms in total. The number of rotatable bonds is 6. The maximum Gasteiger partial charge on any atom is 0.211 e. The number of aromatic nitrogens is 3. The number of aliphatic hydroxyl groups excluding tert-OH is 1. The van der Waals surface area contributed by atoms with Crippen LogP contribution < -0.4 is 4.74 Å². The van der Waals surface area contributed by atoms with E-state index in [9.17, 15) is 0 Å². The molecule has 0 aliphatic carbocycles. The molecule has 1 aromatic heterocycles. The third-order valence-corrected chi connectivity index (χ3v) is 3.18. The third-order valence-electron chi connectivity index (χ3n) is 2.27. The number of thioether (sulfide) groups is 1. The summed E-state index contributed by atoms with van der Waals surface area (Å²) in [7, 11) is 1.63. The predicted molar refractivity (Wildman–Crippen MR) is 73.8 cm³/mol. The van der Waals surface area contributed by atoms with Gasteiger partial charge in [0.1, 0.15) is 12.1 Å². The summed E-state index contributed by atoms with van der Waals surface area (Å²) in [6, 6.07) is 7.56. The van der Waals surface area contributed by atoms with Gasteiger partial charge in [0.05, 0.1) is 19.9 Å². The van der Waals surface area contributed by atoms with Crippen LogP contribution in [0.2, 0.25) is 0 Å². The van der Waals surface area contributed by atoms with Crippen LogP contribution in [0.5, 0.6) is 5.75 Å². The van der Waals surface area contributed by atoms with E-state index in [0.29, 0.717) is 10.9 Å². The number of methoxy groups -OCH3 is 1. The normalized spacial score (nSPS) is 11.1. The lowest BCUT2D eigenvalue weighted by molar-refractivity contribution is 0.322. The van der Waals surface area contributed by atoms with E-state index in [1.165, 1.54) is 18.1 Å². The van der Waals surface area contributed by atoms with Gasteiger partial charge in [-0.1, -0.05) is 11.8 Å². The Labute approximate surface area is 115 Å². The van der Waals surface area contributed by atoms with E-state index >= 15 is 0 Å². The van der Waals surface area contributed by atoms with Crippen LogP contribution in [0.25, 0.3) is 0 Å². The maximum absolute atomic E-state index is 8.78. The first kappa shape index (κ1) is 13.6. The largest absolute Gasteiger partial charge is 0.497 e. The Hall–Kier alpha value is -1.86. The van der Waals surface area contributed by atoms with Crippen LogP contribution in [0.1, 0.15) is 5.56 Å². The Bertz CT molecular complexity index is 539. The van der Waals surface area contributed by atoms with Gasteiger partial charge in [0.15, 0.2) is 0 Å². The number of aliphatic hydroxyl groups is 1. The fourth-order valence-corrected chi connectivity index (χ4v) is 1.95. The number of hydrogen-bond acceptors (Lipinski definition) is 6. The third kappa shape index (κ3) is 3.80. The number of benzene rings is 1. The summed E-state index contributed by atoms with van der Waals surface area (Å²) in [4.78, 5) is 0. The molecule has 0 fully saturated rings. The smallest absolute Gasteiger partial charge is 0.211 e. The highest BCUT2D eigenvalue weighted by molar-refractivity contribution is 7.99. The van der Waals surface area contributed by atoms with Gasteiger partial charge in [0, 0.05) is 5.75 Å². The zero-order valence-corrected chi connectivity index (χ0v) is 11.2. The quantitative estimate of drug-likeness (QED) is 0.636. The maximum atomic E-state index is 8.78. The molecule has 0 bridgehead atoms. The highest BCUT2D eigenvalue weighted by atomic mass is 32.2. The Morgan fingerprint density at radius 3 is 2.89 bits per heavy atom. The van der Waals surface area contributed by atoms with Crippen LogP contribution in [0.3, 0.4) is 0 Å². The molecule has 0 aliphatic heterocycles. The van der Waals surface area contributed by atoms with Crippen molar-refractivity contribution in [2.75, 3.05) is 19.5 Å². The molecule has 0 amide bonds. The van der Waals surface area contributed by atoms with Gasteiger partial charge in [-0.3, -0.25) is 0 Å². The summed E-state index contributed by atoms with van der Waals surface area (Å²) in [5.41, 5.74) is 0.951. The number of ether oxygens (including phenoxy) is 1. The van der Waals surface area contributed by atoms with Crippen molar-refractivity contribution in [2.24, 2.45) is 5.10 Å². The second kappa shape index (κ2) is 6.91. The summed E-state index contributed by atoms with van der Waals surface area (Å²) in [6.45, 7) is 0.0969. The minimum absolute atomic E-state index is 0.0969. The summed E-state index contributed by atoms with van der Waals surface area (Å²) < 4.78 is 6.66. The van der Waals surface area contributed by atoms with Crippen molar-refractivity contribution in [3.05, 3.63) is 36.2 Å². The van der Waals surface area contributed by atoms with Crippen LogP contribution in [0.15, 0.2) is 40.9 Å². The van der Waals surface area contributed by atoms with Crippen LogP contribution >= 0.6 is 11.8 Å². The summed E-state index contributed by atoms with van der Waals surface area (Å²) in [5.74, 6) is 1.37. The molecule has 0 saturated carbocycles. The van der Waals surface area contributed by atoms with Crippen molar-refractivity contribution in [1.29, 1.82) is 0 Å². The molecule has 100 valence electrons. The molecule has 0 atom stereocenters. The highest BCUT2D eigenvalue weighted by Crippen LogP contribution is 2.14. The fourth-order valence-electron chi connectivity index (χ4n) is 1.35. The zero-order valence-electron chi connectivity index (χ0n) is 10.4. The molecule has 0 saturated heterocycles. The Morgan fingerprint density at radius 2 is 2.21 bits per heavy atom. The topological polar surface area (TPSA) is 72.5 Å². The second-order valence-corrected chi connectivity index (χ2v) is 4.61. The summed E-state index contributed by atoms with van der Waals surface area (Å²) in [6.07, 6.45) is 3.24. The Kier molecular flexibility index (Phi) is 4.93. The van der Waals surface area contributed by atoms with Crippen LogP contribution in [0.4, 0.5) is 0 Å². The van der Waals surface area contributed by atoms with E-state index in [-0.39, 0.29) is 6.61 Å². The SMILES string of the molecule is COc1ccc(C=Nn2cnnc2SCCO)cc1. The lowest BCUT2D eigenvalue weighted by Gasteiger charge is -2.00. The van der Waals surface area contributed by atoms with E-state index in [2.05, 4.69) is 15.3 Å². The van der Waals surface area contributed by atoms with Crippen molar-refractivity contribution in [1.82, 2.24) is 14.9 Å². The molecular formula is C12H14N4O2S. The standard InChI is InChI=1S/C12H14N4O2S/c1-18-11-4-2-10(3-5-11)8-14-16-9-13-15-12(16)19-7-6-17/h2-5,8-9,17H,6-7H2,1H3. The molecule has 0 spiro atoms. The van der Waals surface area contributed by atoms with E-state index in [1.807, 2.05) is 24.3 Å². The van der Waals surface area contributed by atoms with Crippen molar-refractivity contribution in [3.8, 4) is 5.75 Å². The van der Waals surface area contributed by atoms with Crippen LogP contribution in [0, 0.1) is 0 Å². The minimum atomic E-state index is 0.0969. The van der Waals surface area contributed by atoms with Gasteiger partial charge >= 0.3 is 0 Å². The van der Waals surface area contributed by atoms with Crippen LogP contribution in [-0.4, -0.2) is 45.7 Å². The lowest BCUT2D eigenvalue weighted by atomic mass is 10.2. The summed E-state index contributed by atoms with van der Waals surface area (Å²) >= 11 is 1.40. The molecule has 0 unspecified atom stereocenters. The van der Waals surface area contributed by atoms with E-state index in [4.69, 9.17) is 9.84 Å². The molecule has 0 aliphatic rings. The zero-order chi connectivity index (χ0) is 13.5. The molecule has 1 aromatic carbocycles. The van der Waals surface area contributed by atoms with Gasteiger partial charge < -0.3 is 9.84 Å². The summed E-state index contributed by atoms with van der Waals surface area (Å²) in [5, 5.41) is 21.4. The monoisotopic (exact) mass is 278 g/mol. The molecular weight excluding hydrogens is 264 g/mol. The predicted octanol–water partition coefficient (Wildman–Crippen LogP) is 1.25. The van der Waals surface area contributed by atoms with Gasteiger partial charge in [-0.2, -0.15) is 9.78 Å². The van der Waals surface area contributed by atoms with E-state index in [0.717, 1.165) is 11.3 Å². The van der Waals surface area contributed by atoms with Gasteiger partial charge in [-0.05, 0) is 29.8 Å². The molecule has 7 heteroatoms. The van der Waals surface area contributed by atoms with Crippen molar-refractivity contribution < 1.29 is 9.84 Å². The molecule has 2 rings (SSSR count). The van der Waals surface area contributed by atoms with Crippen molar-refractivity contribution >= 4 is 18.0 Å². The van der Waals surface area contributed by atoms with Gasteiger partial charge in [0.25, 0.3) is 0 Å². The second-order valence-electron chi connectivity index (χ2n) is 3.55. The van der Waals surface area contributed by atoms with Crippen molar-refractivity contribution in [3.63, 3.8) is 0 Å². The average molecular weight is 278 g/mol. The fraction of sp³-hybridized carbons (Fsp3) is 0.250. The first-order valence-electron chi connectivity index (χ1n) is 5.65. The Morgan fingerprint density at radius 1 is 1.42 bits per heavy atom. The van der Waals surface area contributed by atoms with Gasteiger partial charge in [-0.25, -0.2) is 0 Å². The van der Waals surface area contributed by atoms with Crippen molar-refractivity contribution in [2.45, 2.75) is 5.16 Å². The molecule has 1 N–H and O–H groups in total. The average Bonchev–Trinajstić information content (AvgIpc) is 2.91. The van der Waals surface area contributed by atoms with E-state index < -0.39 is 0 Å². The number of nitrogens with zero attached hydrogens (tertiary/aromatic N) is 4. The molecule has 1 heterocycles. The molecule has 2 aromatic rings. The minimum Gasteiger partial charge on any atom is -0.497 e. The Balaban J connectivity index is 2.06. The number of hydrogen-bond donors (Lipinski definition) is 1. The first-order valence-corrected chi connectivity index (χ1v) is 6.64. The molecule has 19 heavy (non-hydrogen) atoms. The van der Waals surface area contributed by atoms with Crippen LogP contribution in [-0.2, 0) is 0 Å². The first-order chi connectivity index (χ1) is 9.33. The molecule has 0 radical (unpaired) electrons. The van der Waals surface area contributed by atoms with Gasteiger partial charge in [0.2, 0.25) is 5.16 Å².